The van der Waals surface area contributed by atoms with E-state index in [2.05, 4.69) is 10.1 Å². The monoisotopic (exact) mass is 490 g/mol. The number of hydrogen-bond donors (Lipinski definition) is 2. The summed E-state index contributed by atoms with van der Waals surface area (Å²) in [6, 6.07) is 16.8. The second-order valence-electron chi connectivity index (χ2n) is 7.53. The molecule has 2 heterocycles. The molecule has 1 aliphatic rings. The molecule has 1 unspecified atom stereocenters. The van der Waals surface area contributed by atoms with Gasteiger partial charge in [-0.3, -0.25) is 14.2 Å². The van der Waals surface area contributed by atoms with Crippen LogP contribution in [-0.4, -0.2) is 23.6 Å². The lowest BCUT2D eigenvalue weighted by Crippen LogP contribution is -2.42. The molecule has 1 aromatic heterocycles. The van der Waals surface area contributed by atoms with Crippen molar-refractivity contribution in [3.63, 3.8) is 0 Å². The Morgan fingerprint density at radius 1 is 1.23 bits per heavy atom. The van der Waals surface area contributed by atoms with Crippen molar-refractivity contribution in [2.24, 2.45) is 5.73 Å². The summed E-state index contributed by atoms with van der Waals surface area (Å²) in [5.74, 6) is -3.42. The van der Waals surface area contributed by atoms with Crippen LogP contribution in [0.3, 0.4) is 0 Å². The Kier molecular flexibility index (Phi) is 6.62. The average Bonchev–Trinajstić information content (AvgIpc) is 3.19. The minimum atomic E-state index is -1.17. The molecule has 0 saturated heterocycles. The van der Waals surface area contributed by atoms with Crippen molar-refractivity contribution < 1.29 is 18.7 Å². The van der Waals surface area contributed by atoms with E-state index in [4.69, 9.17) is 5.73 Å². The number of allylic oxidation sites excluding steroid dienone is 1. The van der Waals surface area contributed by atoms with Crippen molar-refractivity contribution in [3.8, 4) is 6.07 Å². The van der Waals surface area contributed by atoms with Crippen LogP contribution < -0.4 is 25.8 Å². The Morgan fingerprint density at radius 3 is 2.57 bits per heavy atom. The van der Waals surface area contributed by atoms with Crippen molar-refractivity contribution in [3.05, 3.63) is 96.7 Å². The molecule has 4 rings (SSSR count). The molecule has 0 saturated carbocycles. The molecule has 35 heavy (non-hydrogen) atoms. The van der Waals surface area contributed by atoms with Gasteiger partial charge in [0.25, 0.3) is 11.5 Å². The summed E-state index contributed by atoms with van der Waals surface area (Å²) >= 11 is 0.834. The molecule has 1 amide bonds. The predicted octanol–water partition coefficient (Wildman–Crippen LogP) is 0.918. The molecule has 1 aliphatic heterocycles. The highest BCUT2D eigenvalue weighted by atomic mass is 32.1. The Hall–Kier alpha value is -4.49. The van der Waals surface area contributed by atoms with Crippen molar-refractivity contribution in [1.82, 2.24) is 9.88 Å². The fourth-order valence-electron chi connectivity index (χ4n) is 3.83. The van der Waals surface area contributed by atoms with Gasteiger partial charge in [0, 0.05) is 18.2 Å². The summed E-state index contributed by atoms with van der Waals surface area (Å²) < 4.78 is 20.6. The molecule has 1 atom stereocenters. The maximum absolute atomic E-state index is 14.9. The molecule has 8 nitrogen and oxygen atoms in total. The second kappa shape index (κ2) is 9.79. The van der Waals surface area contributed by atoms with E-state index in [1.54, 1.807) is 6.07 Å². The average molecular weight is 491 g/mol. The van der Waals surface area contributed by atoms with Gasteiger partial charge < -0.3 is 15.8 Å². The quantitative estimate of drug-likeness (QED) is 0.512. The fourth-order valence-corrected chi connectivity index (χ4v) is 4.96. The van der Waals surface area contributed by atoms with Gasteiger partial charge in [0.1, 0.15) is 20.8 Å². The van der Waals surface area contributed by atoms with Gasteiger partial charge in [-0.2, -0.15) is 5.26 Å². The van der Waals surface area contributed by atoms with E-state index in [1.165, 1.54) is 18.2 Å². The van der Waals surface area contributed by atoms with Gasteiger partial charge in [-0.1, -0.05) is 48.5 Å². The number of rotatable bonds is 5. The number of nitrogens with one attached hydrogen (secondary N) is 1. The molecular formula is C25H19FN4O4S. The van der Waals surface area contributed by atoms with Crippen LogP contribution in [0, 0.1) is 17.1 Å². The second-order valence-corrected chi connectivity index (χ2v) is 8.56. The minimum absolute atomic E-state index is 0.0246. The number of methoxy groups -OCH3 is 1. The van der Waals surface area contributed by atoms with Gasteiger partial charge >= 0.3 is 5.97 Å². The van der Waals surface area contributed by atoms with Crippen molar-refractivity contribution in [1.29, 1.82) is 5.26 Å². The predicted molar refractivity (Wildman–Crippen MR) is 128 cm³/mol. The van der Waals surface area contributed by atoms with Crippen LogP contribution in [-0.2, 0) is 20.9 Å². The topological polar surface area (TPSA) is 127 Å². The third-order valence-corrected chi connectivity index (χ3v) is 6.58. The summed E-state index contributed by atoms with van der Waals surface area (Å²) in [4.78, 5) is 38.4. The first-order valence-electron chi connectivity index (χ1n) is 10.4. The maximum Gasteiger partial charge on any atom is 0.332 e. The van der Waals surface area contributed by atoms with E-state index in [9.17, 15) is 24.0 Å². The van der Waals surface area contributed by atoms with Gasteiger partial charge in [0.2, 0.25) is 0 Å². The molecule has 0 radical (unpaired) electrons. The SMILES string of the molecule is COC(=O)C=c1sc2n(c1=O)C(N)=C(C#N)C(c1ccccc1F)C=2C(=O)NCc1ccccc1. The van der Waals surface area contributed by atoms with Crippen molar-refractivity contribution in [2.45, 2.75) is 12.5 Å². The lowest BCUT2D eigenvalue weighted by molar-refractivity contribution is -0.133. The number of thiazole rings is 1. The lowest BCUT2D eigenvalue weighted by Gasteiger charge is -2.25. The molecular weight excluding hydrogens is 471 g/mol. The third-order valence-electron chi connectivity index (χ3n) is 5.48. The maximum atomic E-state index is 14.9. The van der Waals surface area contributed by atoms with Crippen molar-refractivity contribution in [2.75, 3.05) is 7.11 Å². The van der Waals surface area contributed by atoms with Gasteiger partial charge in [-0.05, 0) is 11.6 Å². The number of amides is 1. The summed E-state index contributed by atoms with van der Waals surface area (Å²) in [5, 5.41) is 12.7. The van der Waals surface area contributed by atoms with E-state index < -0.39 is 29.2 Å². The van der Waals surface area contributed by atoms with Crippen LogP contribution in [0.2, 0.25) is 0 Å². The largest absolute Gasteiger partial charge is 0.466 e. The highest BCUT2D eigenvalue weighted by Gasteiger charge is 2.36. The summed E-state index contributed by atoms with van der Waals surface area (Å²) in [6.07, 6.45) is 0.981. The zero-order chi connectivity index (χ0) is 25.1. The zero-order valence-electron chi connectivity index (χ0n) is 18.4. The van der Waals surface area contributed by atoms with Gasteiger partial charge in [-0.15, -0.1) is 11.3 Å². The first kappa shape index (κ1) is 23.7. The number of fused-ring (bicyclic) bond motifs is 1. The Balaban J connectivity index is 2.00. The summed E-state index contributed by atoms with van der Waals surface area (Å²) in [5.41, 5.74) is 6.22. The number of ether oxygens (including phenoxy) is 1. The zero-order valence-corrected chi connectivity index (χ0v) is 19.3. The highest BCUT2D eigenvalue weighted by molar-refractivity contribution is 7.07. The van der Waals surface area contributed by atoms with E-state index in [0.717, 1.165) is 34.7 Å². The van der Waals surface area contributed by atoms with E-state index >= 15 is 0 Å². The van der Waals surface area contributed by atoms with Crippen LogP contribution in [0.5, 0.6) is 0 Å². The number of esters is 1. The van der Waals surface area contributed by atoms with Gasteiger partial charge in [0.15, 0.2) is 0 Å². The molecule has 3 N–H and O–H groups in total. The van der Waals surface area contributed by atoms with Crippen molar-refractivity contribution >= 4 is 40.7 Å². The van der Waals surface area contributed by atoms with E-state index in [1.807, 2.05) is 36.4 Å². The molecule has 0 aliphatic carbocycles. The number of halogens is 1. The number of nitrogens with zero attached hydrogens (tertiary/aromatic N) is 2. The van der Waals surface area contributed by atoms with Crippen LogP contribution in [0.25, 0.3) is 17.5 Å². The number of nitriles is 1. The van der Waals surface area contributed by atoms with Gasteiger partial charge in [-0.25, -0.2) is 9.18 Å². The Bertz CT molecular complexity index is 1580. The normalized spacial score (nSPS) is 15.4. The fraction of sp³-hybridized carbons (Fsp3) is 0.120. The number of nitrogens with two attached hydrogens (primary N) is 1. The number of carbonyl (C=O) groups is 2. The molecule has 10 heteroatoms. The van der Waals surface area contributed by atoms with Crippen LogP contribution in [0.4, 0.5) is 4.39 Å². The Morgan fingerprint density at radius 2 is 1.91 bits per heavy atom. The van der Waals surface area contributed by atoms with Crippen LogP contribution in [0.15, 0.2) is 65.0 Å². The Labute approximate surface area is 202 Å². The third kappa shape index (κ3) is 4.37. The number of hydrogen-bond acceptors (Lipinski definition) is 7. The van der Waals surface area contributed by atoms with E-state index in [-0.39, 0.29) is 38.3 Å². The minimum Gasteiger partial charge on any atom is -0.466 e. The molecule has 0 bridgehead atoms. The number of aromatic nitrogens is 1. The first-order valence-corrected chi connectivity index (χ1v) is 11.2. The van der Waals surface area contributed by atoms with Crippen LogP contribution >= 0.6 is 11.3 Å². The standard InChI is InChI=1S/C25H19FN4O4S/c1-34-19(31)11-18-24(33)30-22(28)16(12-27)20(15-9-5-6-10-17(15)26)21(25(30)35-18)23(32)29-13-14-7-3-2-4-8-14/h2-11,20H,13,28H2,1H3,(H,29,32). The number of carbonyl (C=O) groups excluding carboxylic acids is 2. The molecule has 0 spiro atoms. The first-order chi connectivity index (χ1) is 16.9. The number of benzene rings is 2. The van der Waals surface area contributed by atoms with Gasteiger partial charge in [0.05, 0.1) is 30.2 Å². The summed E-state index contributed by atoms with van der Waals surface area (Å²) in [6.45, 7) is 0.158. The van der Waals surface area contributed by atoms with E-state index in [0.29, 0.717) is 0 Å². The summed E-state index contributed by atoms with van der Waals surface area (Å²) in [7, 11) is 1.16. The lowest BCUT2D eigenvalue weighted by atomic mass is 9.83. The highest BCUT2D eigenvalue weighted by Crippen LogP contribution is 2.37. The molecule has 176 valence electrons. The van der Waals surface area contributed by atoms with Crippen LogP contribution in [0.1, 0.15) is 17.0 Å². The molecule has 2 aromatic carbocycles. The molecule has 3 aromatic rings. The molecule has 0 fully saturated rings. The smallest absolute Gasteiger partial charge is 0.332 e.